The van der Waals surface area contributed by atoms with Crippen molar-refractivity contribution < 1.29 is 9.47 Å². The van der Waals surface area contributed by atoms with Gasteiger partial charge < -0.3 is 9.47 Å². The molecule has 3 unspecified atom stereocenters. The first-order valence-corrected chi connectivity index (χ1v) is 12.4. The summed E-state index contributed by atoms with van der Waals surface area (Å²) in [6.45, 7) is 6.90. The molecule has 2 aliphatic heterocycles. The van der Waals surface area contributed by atoms with E-state index in [1.54, 1.807) is 0 Å². The summed E-state index contributed by atoms with van der Waals surface area (Å²) in [5.41, 5.74) is 6.75. The number of benzene rings is 3. The predicted octanol–water partition coefficient (Wildman–Crippen LogP) is 6.42. The van der Waals surface area contributed by atoms with Gasteiger partial charge in [-0.1, -0.05) is 66.2 Å². The third-order valence-corrected chi connectivity index (χ3v) is 7.40. The van der Waals surface area contributed by atoms with E-state index in [1.165, 1.54) is 53.5 Å². The molecule has 33 heavy (non-hydrogen) atoms. The lowest BCUT2D eigenvalue weighted by Crippen LogP contribution is -2.46. The van der Waals surface area contributed by atoms with Gasteiger partial charge in [0.2, 0.25) is 0 Å². The summed E-state index contributed by atoms with van der Waals surface area (Å²) in [6, 6.07) is 26.9. The molecule has 5 rings (SSSR count). The molecule has 3 nitrogen and oxygen atoms in total. The Bertz CT molecular complexity index is 1050. The fraction of sp³-hybridized carbons (Fsp3) is 0.400. The van der Waals surface area contributed by atoms with Gasteiger partial charge in [0, 0.05) is 18.6 Å². The van der Waals surface area contributed by atoms with Crippen molar-refractivity contribution in [3.05, 3.63) is 101 Å². The maximum absolute atomic E-state index is 6.31. The summed E-state index contributed by atoms with van der Waals surface area (Å²) in [7, 11) is 0. The molecule has 0 radical (unpaired) electrons. The van der Waals surface area contributed by atoms with Gasteiger partial charge in [-0.15, -0.1) is 0 Å². The third kappa shape index (κ3) is 5.15. The van der Waals surface area contributed by atoms with Crippen molar-refractivity contribution in [2.24, 2.45) is 0 Å². The van der Waals surface area contributed by atoms with Crippen molar-refractivity contribution >= 4 is 0 Å². The second-order valence-electron chi connectivity index (χ2n) is 9.64. The predicted molar refractivity (Wildman–Crippen MR) is 134 cm³/mol. The largest absolute Gasteiger partial charge is 0.489 e. The van der Waals surface area contributed by atoms with Gasteiger partial charge in [-0.3, -0.25) is 4.90 Å². The zero-order chi connectivity index (χ0) is 22.6. The molecule has 3 heteroatoms. The summed E-state index contributed by atoms with van der Waals surface area (Å²) in [5, 5.41) is 0. The summed E-state index contributed by atoms with van der Waals surface area (Å²) in [4.78, 5) is 2.74. The van der Waals surface area contributed by atoms with Crippen LogP contribution in [0.25, 0.3) is 0 Å². The van der Waals surface area contributed by atoms with Crippen LogP contribution in [-0.2, 0) is 17.8 Å². The first-order valence-electron chi connectivity index (χ1n) is 12.4. The van der Waals surface area contributed by atoms with Crippen molar-refractivity contribution in [3.63, 3.8) is 0 Å². The maximum atomic E-state index is 6.31. The topological polar surface area (TPSA) is 21.7 Å². The highest BCUT2D eigenvalue weighted by Gasteiger charge is 2.41. The van der Waals surface area contributed by atoms with Gasteiger partial charge in [0.1, 0.15) is 12.4 Å². The maximum Gasteiger partial charge on any atom is 0.119 e. The van der Waals surface area contributed by atoms with Crippen molar-refractivity contribution in [2.75, 3.05) is 13.2 Å². The van der Waals surface area contributed by atoms with E-state index in [0.717, 1.165) is 18.9 Å². The Labute approximate surface area is 198 Å². The normalized spacial score (nSPS) is 22.8. The van der Waals surface area contributed by atoms with Gasteiger partial charge in [0.05, 0.1) is 12.7 Å². The van der Waals surface area contributed by atoms with Gasteiger partial charge in [0.25, 0.3) is 0 Å². The molecule has 0 saturated carbocycles. The number of rotatable bonds is 7. The molecular formula is C30H35NO2. The van der Waals surface area contributed by atoms with Crippen LogP contribution < -0.4 is 4.74 Å². The molecule has 3 aromatic rings. The number of aryl methyl sites for hydroxylation is 3. The van der Waals surface area contributed by atoms with E-state index in [-0.39, 0.29) is 6.10 Å². The number of fused-ring (bicyclic) bond motifs is 1. The molecular weight excluding hydrogens is 406 g/mol. The second-order valence-corrected chi connectivity index (χ2v) is 9.64. The molecule has 172 valence electrons. The molecule has 2 saturated heterocycles. The highest BCUT2D eigenvalue weighted by Crippen LogP contribution is 2.39. The van der Waals surface area contributed by atoms with E-state index >= 15 is 0 Å². The van der Waals surface area contributed by atoms with Crippen LogP contribution in [0.4, 0.5) is 0 Å². The van der Waals surface area contributed by atoms with Crippen LogP contribution in [0.1, 0.15) is 53.2 Å². The summed E-state index contributed by atoms with van der Waals surface area (Å²) < 4.78 is 12.3. The minimum Gasteiger partial charge on any atom is -0.489 e. The number of morpholine rings is 1. The van der Waals surface area contributed by atoms with Crippen LogP contribution in [0, 0.1) is 13.8 Å². The Kier molecular flexibility index (Phi) is 6.80. The quantitative estimate of drug-likeness (QED) is 0.422. The minimum absolute atomic E-state index is 0.160. The number of hydrogen-bond donors (Lipinski definition) is 0. The average molecular weight is 442 g/mol. The summed E-state index contributed by atoms with van der Waals surface area (Å²) >= 11 is 0. The van der Waals surface area contributed by atoms with Crippen LogP contribution in [0.5, 0.6) is 5.75 Å². The standard InChI is InChI=1S/C30H35NO2/c1-22-8-9-23(2)26(20-22)10-13-27-14-17-29-30(32-19-18-31(27)29)25-11-15-28(16-12-25)33-21-24-6-4-3-5-7-24/h3-9,11-12,15-16,20,27,29-30H,10,13-14,17-19,21H2,1-2H3. The third-order valence-electron chi connectivity index (χ3n) is 7.40. The lowest BCUT2D eigenvalue weighted by molar-refractivity contribution is -0.0686. The molecule has 0 aromatic heterocycles. The van der Waals surface area contributed by atoms with Crippen molar-refractivity contribution in [1.82, 2.24) is 4.90 Å². The van der Waals surface area contributed by atoms with Gasteiger partial charge >= 0.3 is 0 Å². The zero-order valence-electron chi connectivity index (χ0n) is 19.9. The zero-order valence-corrected chi connectivity index (χ0v) is 19.9. The Morgan fingerprint density at radius 2 is 1.76 bits per heavy atom. The fourth-order valence-corrected chi connectivity index (χ4v) is 5.55. The summed E-state index contributed by atoms with van der Waals surface area (Å²) in [6.07, 6.45) is 5.05. The molecule has 0 bridgehead atoms. The van der Waals surface area contributed by atoms with Crippen LogP contribution in [0.2, 0.25) is 0 Å². The first kappa shape index (κ1) is 22.2. The number of nitrogens with zero attached hydrogens (tertiary/aromatic N) is 1. The van der Waals surface area contributed by atoms with Crippen molar-refractivity contribution in [2.45, 2.75) is 64.3 Å². The van der Waals surface area contributed by atoms with E-state index in [1.807, 2.05) is 18.2 Å². The Balaban J connectivity index is 1.20. The molecule has 0 aliphatic carbocycles. The molecule has 0 N–H and O–H groups in total. The summed E-state index contributed by atoms with van der Waals surface area (Å²) in [5.74, 6) is 0.910. The molecule has 3 aromatic carbocycles. The van der Waals surface area contributed by atoms with Gasteiger partial charge in [-0.05, 0) is 73.9 Å². The molecule has 3 atom stereocenters. The number of hydrogen-bond acceptors (Lipinski definition) is 3. The second kappa shape index (κ2) is 10.1. The Morgan fingerprint density at radius 3 is 2.58 bits per heavy atom. The highest BCUT2D eigenvalue weighted by molar-refractivity contribution is 5.32. The monoisotopic (exact) mass is 441 g/mol. The first-order chi connectivity index (χ1) is 16.2. The lowest BCUT2D eigenvalue weighted by atomic mass is 9.98. The Hall–Kier alpha value is -2.62. The highest BCUT2D eigenvalue weighted by atomic mass is 16.5. The van der Waals surface area contributed by atoms with Crippen LogP contribution in [0.3, 0.4) is 0 Å². The van der Waals surface area contributed by atoms with Crippen LogP contribution >= 0.6 is 0 Å². The van der Waals surface area contributed by atoms with E-state index in [9.17, 15) is 0 Å². The van der Waals surface area contributed by atoms with E-state index < -0.39 is 0 Å². The van der Waals surface area contributed by atoms with Gasteiger partial charge in [0.15, 0.2) is 0 Å². The average Bonchev–Trinajstić information content (AvgIpc) is 3.27. The molecule has 2 fully saturated rings. The van der Waals surface area contributed by atoms with Crippen molar-refractivity contribution in [1.29, 1.82) is 0 Å². The van der Waals surface area contributed by atoms with E-state index in [4.69, 9.17) is 9.47 Å². The van der Waals surface area contributed by atoms with Gasteiger partial charge in [-0.2, -0.15) is 0 Å². The van der Waals surface area contributed by atoms with E-state index in [0.29, 0.717) is 18.7 Å². The molecule has 0 amide bonds. The number of ether oxygens (including phenoxy) is 2. The van der Waals surface area contributed by atoms with Crippen LogP contribution in [0.15, 0.2) is 72.8 Å². The Morgan fingerprint density at radius 1 is 0.939 bits per heavy atom. The lowest BCUT2D eigenvalue weighted by Gasteiger charge is -2.40. The van der Waals surface area contributed by atoms with Crippen molar-refractivity contribution in [3.8, 4) is 5.75 Å². The van der Waals surface area contributed by atoms with E-state index in [2.05, 4.69) is 73.3 Å². The molecule has 0 spiro atoms. The minimum atomic E-state index is 0.160. The molecule has 2 heterocycles. The fourth-order valence-electron chi connectivity index (χ4n) is 5.55. The SMILES string of the molecule is Cc1ccc(C)c(CCC2CCC3C(c4ccc(OCc5ccccc5)cc4)OCCN23)c1. The smallest absolute Gasteiger partial charge is 0.119 e. The van der Waals surface area contributed by atoms with Gasteiger partial charge in [-0.25, -0.2) is 0 Å². The molecule has 2 aliphatic rings. The van der Waals surface area contributed by atoms with Crippen LogP contribution in [-0.4, -0.2) is 30.1 Å².